The summed E-state index contributed by atoms with van der Waals surface area (Å²) in [6, 6.07) is 11.6. The third-order valence-electron chi connectivity index (χ3n) is 2.59. The number of aryl methyl sites for hydroxylation is 1. The monoisotopic (exact) mass is 337 g/mol. The smallest absolute Gasteiger partial charge is 0.169 e. The molecule has 0 aliphatic carbocycles. The van der Waals surface area contributed by atoms with Crippen LogP contribution in [-0.2, 0) is 6.42 Å². The summed E-state index contributed by atoms with van der Waals surface area (Å²) in [7, 11) is 0. The van der Waals surface area contributed by atoms with Crippen LogP contribution >= 0.6 is 22.6 Å². The summed E-state index contributed by atoms with van der Waals surface area (Å²) < 4.78 is 1.18. The molecule has 0 spiro atoms. The van der Waals surface area contributed by atoms with Gasteiger partial charge in [-0.05, 0) is 59.3 Å². The standard InChI is InChI=1S/C14H12INO/c1-10-13(3-2-8-16-10)14(17)9-11-4-6-12(15)7-5-11/h2-8H,9H2,1H3. The molecule has 0 unspecified atom stereocenters. The summed E-state index contributed by atoms with van der Waals surface area (Å²) >= 11 is 2.25. The van der Waals surface area contributed by atoms with Gasteiger partial charge in [0.1, 0.15) is 0 Å². The second kappa shape index (κ2) is 5.40. The number of nitrogens with zero attached hydrogens (tertiary/aromatic N) is 1. The van der Waals surface area contributed by atoms with E-state index < -0.39 is 0 Å². The molecule has 0 atom stereocenters. The SMILES string of the molecule is Cc1ncccc1C(=O)Cc1ccc(I)cc1. The van der Waals surface area contributed by atoms with Gasteiger partial charge in [0.25, 0.3) is 0 Å². The molecule has 2 aromatic rings. The highest BCUT2D eigenvalue weighted by Gasteiger charge is 2.09. The van der Waals surface area contributed by atoms with E-state index in [2.05, 4.69) is 27.6 Å². The van der Waals surface area contributed by atoms with Crippen LogP contribution in [0.15, 0.2) is 42.6 Å². The third-order valence-corrected chi connectivity index (χ3v) is 3.30. The highest BCUT2D eigenvalue weighted by Crippen LogP contribution is 2.12. The number of benzene rings is 1. The Hall–Kier alpha value is -1.23. The first kappa shape index (κ1) is 12.2. The number of carbonyl (C=O) groups is 1. The molecule has 1 aromatic carbocycles. The van der Waals surface area contributed by atoms with Gasteiger partial charge in [-0.1, -0.05) is 12.1 Å². The van der Waals surface area contributed by atoms with Crippen molar-refractivity contribution in [2.75, 3.05) is 0 Å². The van der Waals surface area contributed by atoms with E-state index in [1.807, 2.05) is 37.3 Å². The van der Waals surface area contributed by atoms with Gasteiger partial charge in [0.05, 0.1) is 0 Å². The Morgan fingerprint density at radius 3 is 2.59 bits per heavy atom. The molecule has 2 nitrogen and oxygen atoms in total. The zero-order valence-electron chi connectivity index (χ0n) is 9.48. The summed E-state index contributed by atoms with van der Waals surface area (Å²) in [4.78, 5) is 16.2. The molecule has 1 aromatic heterocycles. The molecule has 3 heteroatoms. The molecule has 0 aliphatic heterocycles. The highest BCUT2D eigenvalue weighted by molar-refractivity contribution is 14.1. The fourth-order valence-electron chi connectivity index (χ4n) is 1.66. The third kappa shape index (κ3) is 3.12. The summed E-state index contributed by atoms with van der Waals surface area (Å²) in [5.74, 6) is 0.122. The van der Waals surface area contributed by atoms with Crippen LogP contribution in [0.25, 0.3) is 0 Å². The maximum absolute atomic E-state index is 12.1. The highest BCUT2D eigenvalue weighted by atomic mass is 127. The molecule has 0 aliphatic rings. The lowest BCUT2D eigenvalue weighted by Gasteiger charge is -2.04. The quantitative estimate of drug-likeness (QED) is 0.635. The molecule has 17 heavy (non-hydrogen) atoms. The Morgan fingerprint density at radius 2 is 1.94 bits per heavy atom. The molecule has 2 rings (SSSR count). The minimum absolute atomic E-state index is 0.122. The van der Waals surface area contributed by atoms with Gasteiger partial charge in [-0.15, -0.1) is 0 Å². The minimum atomic E-state index is 0.122. The van der Waals surface area contributed by atoms with Crippen molar-refractivity contribution in [1.82, 2.24) is 4.98 Å². The van der Waals surface area contributed by atoms with Crippen LogP contribution in [0.5, 0.6) is 0 Å². The van der Waals surface area contributed by atoms with Gasteiger partial charge in [0, 0.05) is 27.4 Å². The largest absolute Gasteiger partial charge is 0.294 e. The van der Waals surface area contributed by atoms with Crippen molar-refractivity contribution in [2.24, 2.45) is 0 Å². The van der Waals surface area contributed by atoms with E-state index in [0.717, 1.165) is 11.3 Å². The maximum Gasteiger partial charge on any atom is 0.169 e. The normalized spacial score (nSPS) is 10.2. The van der Waals surface area contributed by atoms with Crippen molar-refractivity contribution in [3.05, 3.63) is 63.0 Å². The molecule has 0 saturated heterocycles. The lowest BCUT2D eigenvalue weighted by atomic mass is 10.0. The molecule has 0 radical (unpaired) electrons. The van der Waals surface area contributed by atoms with E-state index >= 15 is 0 Å². The molecular formula is C14H12INO. The Morgan fingerprint density at radius 1 is 1.24 bits per heavy atom. The van der Waals surface area contributed by atoms with Crippen molar-refractivity contribution >= 4 is 28.4 Å². The van der Waals surface area contributed by atoms with Crippen molar-refractivity contribution in [2.45, 2.75) is 13.3 Å². The number of pyridine rings is 1. The first-order valence-corrected chi connectivity index (χ1v) is 6.44. The van der Waals surface area contributed by atoms with Crippen LogP contribution in [0, 0.1) is 10.5 Å². The topological polar surface area (TPSA) is 30.0 Å². The second-order valence-corrected chi connectivity index (χ2v) is 5.11. The lowest BCUT2D eigenvalue weighted by molar-refractivity contribution is 0.0992. The summed E-state index contributed by atoms with van der Waals surface area (Å²) in [6.45, 7) is 1.86. The number of halogens is 1. The Labute approximate surface area is 114 Å². The van der Waals surface area contributed by atoms with Crippen LogP contribution in [0.4, 0.5) is 0 Å². The number of carbonyl (C=O) groups excluding carboxylic acids is 1. The van der Waals surface area contributed by atoms with Gasteiger partial charge in [0.2, 0.25) is 0 Å². The van der Waals surface area contributed by atoms with Crippen LogP contribution < -0.4 is 0 Å². The lowest BCUT2D eigenvalue weighted by Crippen LogP contribution is -2.06. The number of hydrogen-bond acceptors (Lipinski definition) is 2. The second-order valence-electron chi connectivity index (χ2n) is 3.86. The van der Waals surface area contributed by atoms with Crippen molar-refractivity contribution in [3.8, 4) is 0 Å². The van der Waals surface area contributed by atoms with E-state index in [4.69, 9.17) is 0 Å². The van der Waals surface area contributed by atoms with Gasteiger partial charge >= 0.3 is 0 Å². The van der Waals surface area contributed by atoms with Gasteiger partial charge in [-0.2, -0.15) is 0 Å². The van der Waals surface area contributed by atoms with Gasteiger partial charge < -0.3 is 0 Å². The predicted molar refractivity (Wildman–Crippen MR) is 76.2 cm³/mol. The molecule has 1 heterocycles. The van der Waals surface area contributed by atoms with Crippen LogP contribution in [0.1, 0.15) is 21.6 Å². The molecule has 86 valence electrons. The first-order valence-electron chi connectivity index (χ1n) is 5.36. The van der Waals surface area contributed by atoms with E-state index in [9.17, 15) is 4.79 Å². The number of rotatable bonds is 3. The fraction of sp³-hybridized carbons (Fsp3) is 0.143. The van der Waals surface area contributed by atoms with E-state index in [1.54, 1.807) is 12.3 Å². The number of aromatic nitrogens is 1. The number of hydrogen-bond donors (Lipinski definition) is 0. The van der Waals surface area contributed by atoms with Crippen LogP contribution in [-0.4, -0.2) is 10.8 Å². The molecule has 0 amide bonds. The maximum atomic E-state index is 12.1. The number of Topliss-reactive ketones (excluding diaryl/α,β-unsaturated/α-hetero) is 1. The molecule has 0 saturated carbocycles. The summed E-state index contributed by atoms with van der Waals surface area (Å²) in [6.07, 6.45) is 2.14. The predicted octanol–water partition coefficient (Wildman–Crippen LogP) is 3.42. The Kier molecular flexibility index (Phi) is 3.89. The summed E-state index contributed by atoms with van der Waals surface area (Å²) in [5, 5.41) is 0. The van der Waals surface area contributed by atoms with Gasteiger partial charge in [-0.25, -0.2) is 0 Å². The Balaban J connectivity index is 2.17. The van der Waals surface area contributed by atoms with Crippen molar-refractivity contribution in [3.63, 3.8) is 0 Å². The van der Waals surface area contributed by atoms with Crippen molar-refractivity contribution < 1.29 is 4.79 Å². The Bertz CT molecular complexity index is 534. The van der Waals surface area contributed by atoms with Gasteiger partial charge in [0.15, 0.2) is 5.78 Å². The average Bonchev–Trinajstić information content (AvgIpc) is 2.32. The average molecular weight is 337 g/mol. The molecular weight excluding hydrogens is 325 g/mol. The fourth-order valence-corrected chi connectivity index (χ4v) is 2.02. The zero-order valence-corrected chi connectivity index (χ0v) is 11.6. The molecule has 0 N–H and O–H groups in total. The van der Waals surface area contributed by atoms with E-state index in [1.165, 1.54) is 3.57 Å². The molecule has 0 bridgehead atoms. The van der Waals surface area contributed by atoms with Crippen molar-refractivity contribution in [1.29, 1.82) is 0 Å². The number of ketones is 1. The first-order chi connectivity index (χ1) is 8.16. The van der Waals surface area contributed by atoms with Gasteiger partial charge in [-0.3, -0.25) is 9.78 Å². The minimum Gasteiger partial charge on any atom is -0.294 e. The molecule has 0 fully saturated rings. The van der Waals surface area contributed by atoms with E-state index in [0.29, 0.717) is 12.0 Å². The van der Waals surface area contributed by atoms with Crippen LogP contribution in [0.2, 0.25) is 0 Å². The zero-order chi connectivity index (χ0) is 12.3. The van der Waals surface area contributed by atoms with E-state index in [-0.39, 0.29) is 5.78 Å². The summed E-state index contributed by atoms with van der Waals surface area (Å²) in [5.41, 5.74) is 2.55. The van der Waals surface area contributed by atoms with Crippen LogP contribution in [0.3, 0.4) is 0 Å².